The van der Waals surface area contributed by atoms with Crippen LogP contribution in [0.2, 0.25) is 0 Å². The van der Waals surface area contributed by atoms with Gasteiger partial charge in [-0.1, -0.05) is 30.3 Å². The van der Waals surface area contributed by atoms with E-state index in [0.29, 0.717) is 12.1 Å². The van der Waals surface area contributed by atoms with Crippen LogP contribution in [0.3, 0.4) is 0 Å². The van der Waals surface area contributed by atoms with Gasteiger partial charge < -0.3 is 5.73 Å². The van der Waals surface area contributed by atoms with E-state index in [4.69, 9.17) is 5.73 Å². The predicted octanol–water partition coefficient (Wildman–Crippen LogP) is 3.38. The number of nitrogens with two attached hydrogens (primary N) is 1. The molecule has 0 aliphatic carbocycles. The molecule has 1 fully saturated rings. The topological polar surface area (TPSA) is 42.1 Å². The van der Waals surface area contributed by atoms with Crippen molar-refractivity contribution in [3.8, 4) is 0 Å². The highest BCUT2D eigenvalue weighted by atomic mass is 32.1. The highest BCUT2D eigenvalue weighted by Crippen LogP contribution is 2.45. The maximum Gasteiger partial charge on any atom is 0.180 e. The molecule has 1 aromatic carbocycles. The van der Waals surface area contributed by atoms with Gasteiger partial charge >= 0.3 is 0 Å². The van der Waals surface area contributed by atoms with Crippen LogP contribution in [0, 0.1) is 0 Å². The fourth-order valence-electron chi connectivity index (χ4n) is 3.68. The van der Waals surface area contributed by atoms with Gasteiger partial charge in [0.1, 0.15) is 0 Å². The molecule has 3 nitrogen and oxygen atoms in total. The van der Waals surface area contributed by atoms with E-state index in [9.17, 15) is 0 Å². The first-order chi connectivity index (χ1) is 9.81. The van der Waals surface area contributed by atoms with Crippen molar-refractivity contribution < 1.29 is 0 Å². The van der Waals surface area contributed by atoms with Gasteiger partial charge in [-0.15, -0.1) is 11.3 Å². The van der Waals surface area contributed by atoms with Crippen LogP contribution in [0.25, 0.3) is 0 Å². The lowest BCUT2D eigenvalue weighted by molar-refractivity contribution is 0.0626. The second-order valence-electron chi connectivity index (χ2n) is 5.83. The zero-order chi connectivity index (χ0) is 13.5. The summed E-state index contributed by atoms with van der Waals surface area (Å²) >= 11 is 1.70. The van der Waals surface area contributed by atoms with Gasteiger partial charge in [-0.25, -0.2) is 4.98 Å². The Labute approximate surface area is 123 Å². The van der Waals surface area contributed by atoms with Crippen LogP contribution in [0.4, 0.5) is 5.13 Å². The molecule has 2 aliphatic rings. The maximum atomic E-state index is 5.93. The number of fused-ring (bicyclic) bond motifs is 4. The lowest BCUT2D eigenvalue weighted by Crippen LogP contribution is -2.45. The molecule has 0 saturated carbocycles. The molecular formula is C16H19N3S. The van der Waals surface area contributed by atoms with Gasteiger partial charge in [0.15, 0.2) is 5.13 Å². The van der Waals surface area contributed by atoms with Crippen LogP contribution < -0.4 is 5.73 Å². The fourth-order valence-corrected chi connectivity index (χ4v) is 4.70. The molecule has 2 N–H and O–H groups in total. The molecule has 2 atom stereocenters. The molecule has 20 heavy (non-hydrogen) atoms. The summed E-state index contributed by atoms with van der Waals surface area (Å²) in [6.45, 7) is 1.05. The highest BCUT2D eigenvalue weighted by Gasteiger charge is 2.39. The van der Waals surface area contributed by atoms with Crippen LogP contribution in [0.5, 0.6) is 0 Å². The van der Waals surface area contributed by atoms with E-state index >= 15 is 0 Å². The third-order valence-electron chi connectivity index (χ3n) is 4.57. The number of nitrogens with zero attached hydrogens (tertiary/aromatic N) is 2. The molecule has 1 aromatic heterocycles. The van der Waals surface area contributed by atoms with Gasteiger partial charge in [0.2, 0.25) is 0 Å². The van der Waals surface area contributed by atoms with Gasteiger partial charge in [-0.05, 0) is 24.8 Å². The van der Waals surface area contributed by atoms with Gasteiger partial charge in [-0.3, -0.25) is 4.90 Å². The molecule has 3 heterocycles. The van der Waals surface area contributed by atoms with E-state index < -0.39 is 0 Å². The van der Waals surface area contributed by atoms with Crippen molar-refractivity contribution in [1.82, 2.24) is 9.88 Å². The first-order valence-electron chi connectivity index (χ1n) is 7.36. The van der Waals surface area contributed by atoms with E-state index in [2.05, 4.69) is 40.2 Å². The highest BCUT2D eigenvalue weighted by molar-refractivity contribution is 7.15. The van der Waals surface area contributed by atoms with Crippen molar-refractivity contribution in [2.45, 2.75) is 44.3 Å². The summed E-state index contributed by atoms with van der Waals surface area (Å²) in [5.41, 5.74) is 8.61. The average molecular weight is 285 g/mol. The first kappa shape index (κ1) is 12.4. The predicted molar refractivity (Wildman–Crippen MR) is 82.6 cm³/mol. The maximum absolute atomic E-state index is 5.93. The van der Waals surface area contributed by atoms with Crippen molar-refractivity contribution in [3.63, 3.8) is 0 Å². The normalized spacial score (nSPS) is 25.4. The van der Waals surface area contributed by atoms with Crippen molar-refractivity contribution in [2.75, 3.05) is 5.73 Å². The molecular weight excluding hydrogens is 266 g/mol. The molecule has 2 aromatic rings. The minimum atomic E-state index is 0.535. The Morgan fingerprint density at radius 1 is 1.25 bits per heavy atom. The summed E-state index contributed by atoms with van der Waals surface area (Å²) < 4.78 is 0. The number of rotatable bonds is 2. The van der Waals surface area contributed by atoms with E-state index in [1.807, 2.05) is 0 Å². The van der Waals surface area contributed by atoms with Crippen molar-refractivity contribution >= 4 is 16.5 Å². The second kappa shape index (κ2) is 4.86. The van der Waals surface area contributed by atoms with E-state index in [-0.39, 0.29) is 0 Å². The summed E-state index contributed by atoms with van der Waals surface area (Å²) in [5, 5.41) is 0.738. The molecule has 0 amide bonds. The average Bonchev–Trinajstić information content (AvgIpc) is 2.81. The van der Waals surface area contributed by atoms with E-state index in [1.54, 1.807) is 11.3 Å². The zero-order valence-corrected chi connectivity index (χ0v) is 12.3. The van der Waals surface area contributed by atoms with Crippen LogP contribution in [-0.2, 0) is 13.0 Å². The SMILES string of the molecule is Nc1nc2c(s1)C1CCCC(C2)N1Cc1ccccc1. The lowest BCUT2D eigenvalue weighted by atomic mass is 9.86. The molecule has 2 aliphatic heterocycles. The number of hydrogen-bond donors (Lipinski definition) is 1. The Bertz CT molecular complexity index is 607. The quantitative estimate of drug-likeness (QED) is 0.920. The summed E-state index contributed by atoms with van der Waals surface area (Å²) in [5.74, 6) is 0. The van der Waals surface area contributed by atoms with E-state index in [1.165, 1.54) is 35.4 Å². The third-order valence-corrected chi connectivity index (χ3v) is 5.60. The van der Waals surface area contributed by atoms with Crippen molar-refractivity contribution in [2.24, 2.45) is 0 Å². The number of aromatic nitrogens is 1. The number of hydrogen-bond acceptors (Lipinski definition) is 4. The Morgan fingerprint density at radius 2 is 2.10 bits per heavy atom. The largest absolute Gasteiger partial charge is 0.375 e. The number of anilines is 1. The van der Waals surface area contributed by atoms with Crippen LogP contribution in [-0.4, -0.2) is 15.9 Å². The number of thiazole rings is 1. The molecule has 1 saturated heterocycles. The second-order valence-corrected chi connectivity index (χ2v) is 6.89. The minimum absolute atomic E-state index is 0.535. The van der Waals surface area contributed by atoms with Crippen molar-refractivity contribution in [1.29, 1.82) is 0 Å². The number of benzene rings is 1. The fraction of sp³-hybridized carbons (Fsp3) is 0.438. The monoisotopic (exact) mass is 285 g/mol. The van der Waals surface area contributed by atoms with Crippen molar-refractivity contribution in [3.05, 3.63) is 46.5 Å². The molecule has 4 rings (SSSR count). The van der Waals surface area contributed by atoms with Gasteiger partial charge in [-0.2, -0.15) is 0 Å². The molecule has 0 radical (unpaired) electrons. The smallest absolute Gasteiger partial charge is 0.180 e. The first-order valence-corrected chi connectivity index (χ1v) is 8.17. The molecule has 2 bridgehead atoms. The number of nitrogen functional groups attached to an aromatic ring is 1. The summed E-state index contributed by atoms with van der Waals surface area (Å²) in [4.78, 5) is 8.65. The van der Waals surface area contributed by atoms with E-state index in [0.717, 1.165) is 18.1 Å². The molecule has 4 heteroatoms. The third kappa shape index (κ3) is 2.03. The molecule has 2 unspecified atom stereocenters. The summed E-state index contributed by atoms with van der Waals surface area (Å²) in [7, 11) is 0. The van der Waals surface area contributed by atoms with Crippen LogP contribution in [0.15, 0.2) is 30.3 Å². The molecule has 104 valence electrons. The number of piperidine rings is 1. The Kier molecular flexibility index (Phi) is 3.00. The van der Waals surface area contributed by atoms with Gasteiger partial charge in [0.05, 0.1) is 5.69 Å². The van der Waals surface area contributed by atoms with Gasteiger partial charge in [0, 0.05) is 29.9 Å². The standard InChI is InChI=1S/C16H19N3S/c17-16-18-13-9-12-7-4-8-14(15(13)20-16)19(12)10-11-5-2-1-3-6-11/h1-3,5-6,12,14H,4,7-10H2,(H2,17,18). The summed E-state index contributed by atoms with van der Waals surface area (Å²) in [6, 6.07) is 12.0. The van der Waals surface area contributed by atoms with Crippen LogP contribution >= 0.6 is 11.3 Å². The van der Waals surface area contributed by atoms with Gasteiger partial charge in [0.25, 0.3) is 0 Å². The Morgan fingerprint density at radius 3 is 2.95 bits per heavy atom. The van der Waals surface area contributed by atoms with Crippen LogP contribution in [0.1, 0.15) is 41.4 Å². The lowest BCUT2D eigenvalue weighted by Gasteiger charge is -2.45. The Hall–Kier alpha value is -1.39. The Balaban J connectivity index is 1.67. The molecule has 0 spiro atoms. The minimum Gasteiger partial charge on any atom is -0.375 e. The summed E-state index contributed by atoms with van der Waals surface area (Å²) in [6.07, 6.45) is 4.95. The zero-order valence-electron chi connectivity index (χ0n) is 11.5.